The lowest BCUT2D eigenvalue weighted by molar-refractivity contribution is 0.266. The Hall–Kier alpha value is -1.56. The number of piperidine rings is 1. The Morgan fingerprint density at radius 1 is 1.21 bits per heavy atom. The highest BCUT2D eigenvalue weighted by Gasteiger charge is 2.42. The normalized spacial score (nSPS) is 29.6. The zero-order valence-electron chi connectivity index (χ0n) is 11.7. The van der Waals surface area contributed by atoms with Gasteiger partial charge in [-0.3, -0.25) is 0 Å². The van der Waals surface area contributed by atoms with E-state index in [4.69, 9.17) is 6.42 Å². The second kappa shape index (κ2) is 4.85. The molecule has 2 atom stereocenters. The molecule has 2 aliphatic heterocycles. The third-order valence-electron chi connectivity index (χ3n) is 4.78. The molecule has 19 heavy (non-hydrogen) atoms. The molecule has 3 rings (SSSR count). The maximum absolute atomic E-state index is 5.33. The number of terminal acetylenes is 1. The van der Waals surface area contributed by atoms with E-state index in [1.54, 1.807) is 0 Å². The fraction of sp³-hybridized carbons (Fsp3) is 0.625. The van der Waals surface area contributed by atoms with Crippen LogP contribution in [0.15, 0.2) is 12.1 Å². The number of fused-ring (bicyclic) bond motifs is 2. The van der Waals surface area contributed by atoms with E-state index >= 15 is 0 Å². The Balaban J connectivity index is 1.81. The standard InChI is InChI=1S/C16H21N3/c1-4-13-5-8-16(18-17-13)19-14-6-7-15(19)10-12(9-14)11(2)3/h1,5,8,11-12,14-15H,6-7,9-10H2,2-3H3. The SMILES string of the molecule is C#Cc1ccc(N2C3CCC2CC(C(C)C)C3)nn1. The molecule has 0 aromatic carbocycles. The quantitative estimate of drug-likeness (QED) is 0.761. The molecule has 0 amide bonds. The Morgan fingerprint density at radius 2 is 1.89 bits per heavy atom. The van der Waals surface area contributed by atoms with Crippen LogP contribution in [0.4, 0.5) is 5.82 Å². The molecule has 0 N–H and O–H groups in total. The summed E-state index contributed by atoms with van der Waals surface area (Å²) in [5, 5.41) is 8.41. The monoisotopic (exact) mass is 255 g/mol. The smallest absolute Gasteiger partial charge is 0.151 e. The lowest BCUT2D eigenvalue weighted by atomic mass is 9.82. The third kappa shape index (κ3) is 2.20. The maximum Gasteiger partial charge on any atom is 0.151 e. The van der Waals surface area contributed by atoms with Gasteiger partial charge in [0.25, 0.3) is 0 Å². The van der Waals surface area contributed by atoms with E-state index < -0.39 is 0 Å². The Bertz CT molecular complexity index is 472. The van der Waals surface area contributed by atoms with Gasteiger partial charge in [-0.2, -0.15) is 0 Å². The second-order valence-electron chi connectivity index (χ2n) is 6.19. The van der Waals surface area contributed by atoms with Gasteiger partial charge in [-0.25, -0.2) is 0 Å². The summed E-state index contributed by atoms with van der Waals surface area (Å²) < 4.78 is 0. The minimum Gasteiger partial charge on any atom is -0.349 e. The number of anilines is 1. The molecule has 1 aromatic rings. The fourth-order valence-corrected chi connectivity index (χ4v) is 3.68. The number of nitrogens with zero attached hydrogens (tertiary/aromatic N) is 3. The fourth-order valence-electron chi connectivity index (χ4n) is 3.68. The summed E-state index contributed by atoms with van der Waals surface area (Å²) >= 11 is 0. The van der Waals surface area contributed by atoms with Crippen LogP contribution in [0.5, 0.6) is 0 Å². The molecule has 2 aliphatic rings. The highest BCUT2D eigenvalue weighted by molar-refractivity contribution is 5.44. The van der Waals surface area contributed by atoms with Crippen molar-refractivity contribution < 1.29 is 0 Å². The first-order valence-electron chi connectivity index (χ1n) is 7.27. The highest BCUT2D eigenvalue weighted by atomic mass is 15.3. The average molecular weight is 255 g/mol. The van der Waals surface area contributed by atoms with Crippen molar-refractivity contribution in [1.82, 2.24) is 10.2 Å². The Labute approximate surface area is 115 Å². The Morgan fingerprint density at radius 3 is 2.37 bits per heavy atom. The van der Waals surface area contributed by atoms with E-state index in [2.05, 4.69) is 34.9 Å². The lowest BCUT2D eigenvalue weighted by Gasteiger charge is -2.41. The van der Waals surface area contributed by atoms with E-state index in [1.807, 2.05) is 12.1 Å². The van der Waals surface area contributed by atoms with Crippen LogP contribution in [-0.2, 0) is 0 Å². The lowest BCUT2D eigenvalue weighted by Crippen LogP contribution is -2.44. The van der Waals surface area contributed by atoms with Gasteiger partial charge in [0.2, 0.25) is 0 Å². The van der Waals surface area contributed by atoms with Gasteiger partial charge in [-0.15, -0.1) is 16.6 Å². The number of aromatic nitrogens is 2. The Kier molecular flexibility index (Phi) is 3.18. The number of rotatable bonds is 2. The predicted molar refractivity (Wildman–Crippen MR) is 76.8 cm³/mol. The summed E-state index contributed by atoms with van der Waals surface area (Å²) in [7, 11) is 0. The van der Waals surface area contributed by atoms with E-state index in [1.165, 1.54) is 25.7 Å². The van der Waals surface area contributed by atoms with Gasteiger partial charge < -0.3 is 4.90 Å². The zero-order chi connectivity index (χ0) is 13.4. The van der Waals surface area contributed by atoms with Crippen LogP contribution in [0, 0.1) is 24.2 Å². The van der Waals surface area contributed by atoms with Crippen molar-refractivity contribution in [3.8, 4) is 12.3 Å². The van der Waals surface area contributed by atoms with Crippen LogP contribution in [0.3, 0.4) is 0 Å². The third-order valence-corrected chi connectivity index (χ3v) is 4.78. The predicted octanol–water partition coefficient (Wildman–Crippen LogP) is 2.86. The van der Waals surface area contributed by atoms with Gasteiger partial charge in [-0.05, 0) is 55.6 Å². The van der Waals surface area contributed by atoms with E-state index in [-0.39, 0.29) is 0 Å². The van der Waals surface area contributed by atoms with Crippen LogP contribution in [0.1, 0.15) is 45.2 Å². The van der Waals surface area contributed by atoms with Crippen molar-refractivity contribution in [2.75, 3.05) is 4.90 Å². The van der Waals surface area contributed by atoms with Crippen molar-refractivity contribution in [2.24, 2.45) is 11.8 Å². The summed E-state index contributed by atoms with van der Waals surface area (Å²) in [6.07, 6.45) is 10.5. The minimum absolute atomic E-state index is 0.619. The largest absolute Gasteiger partial charge is 0.349 e. The summed E-state index contributed by atoms with van der Waals surface area (Å²) in [5.74, 6) is 5.19. The molecule has 2 fully saturated rings. The van der Waals surface area contributed by atoms with Crippen LogP contribution >= 0.6 is 0 Å². The first-order chi connectivity index (χ1) is 9.19. The molecular weight excluding hydrogens is 234 g/mol. The van der Waals surface area contributed by atoms with Crippen molar-refractivity contribution in [3.05, 3.63) is 17.8 Å². The molecule has 1 aromatic heterocycles. The van der Waals surface area contributed by atoms with Gasteiger partial charge in [0.15, 0.2) is 5.82 Å². The van der Waals surface area contributed by atoms with E-state index in [0.29, 0.717) is 17.8 Å². The van der Waals surface area contributed by atoms with Crippen molar-refractivity contribution in [2.45, 2.75) is 51.6 Å². The highest BCUT2D eigenvalue weighted by Crippen LogP contribution is 2.42. The molecule has 0 saturated carbocycles. The van der Waals surface area contributed by atoms with Crippen LogP contribution < -0.4 is 4.90 Å². The van der Waals surface area contributed by atoms with Crippen molar-refractivity contribution >= 4 is 5.82 Å². The van der Waals surface area contributed by atoms with Gasteiger partial charge in [-0.1, -0.05) is 13.8 Å². The van der Waals surface area contributed by atoms with Gasteiger partial charge >= 0.3 is 0 Å². The first kappa shape index (κ1) is 12.5. The van der Waals surface area contributed by atoms with Crippen LogP contribution in [0.25, 0.3) is 0 Å². The van der Waals surface area contributed by atoms with Crippen LogP contribution in [-0.4, -0.2) is 22.3 Å². The molecule has 100 valence electrons. The molecule has 0 aliphatic carbocycles. The minimum atomic E-state index is 0.619. The summed E-state index contributed by atoms with van der Waals surface area (Å²) in [6, 6.07) is 5.23. The van der Waals surface area contributed by atoms with E-state index in [9.17, 15) is 0 Å². The molecule has 0 spiro atoms. The molecule has 2 bridgehead atoms. The molecule has 3 heterocycles. The average Bonchev–Trinajstić information content (AvgIpc) is 2.68. The topological polar surface area (TPSA) is 29.0 Å². The van der Waals surface area contributed by atoms with Gasteiger partial charge in [0.05, 0.1) is 0 Å². The molecule has 2 saturated heterocycles. The van der Waals surface area contributed by atoms with Gasteiger partial charge in [0, 0.05) is 12.1 Å². The molecule has 0 radical (unpaired) electrons. The molecular formula is C16H21N3. The summed E-state index contributed by atoms with van der Waals surface area (Å²) in [6.45, 7) is 4.70. The summed E-state index contributed by atoms with van der Waals surface area (Å²) in [4.78, 5) is 2.49. The second-order valence-corrected chi connectivity index (χ2v) is 6.19. The number of hydrogen-bond donors (Lipinski definition) is 0. The van der Waals surface area contributed by atoms with Crippen molar-refractivity contribution in [1.29, 1.82) is 0 Å². The first-order valence-corrected chi connectivity index (χ1v) is 7.27. The summed E-state index contributed by atoms with van der Waals surface area (Å²) in [5.41, 5.74) is 0.619. The maximum atomic E-state index is 5.33. The van der Waals surface area contributed by atoms with Crippen LogP contribution in [0.2, 0.25) is 0 Å². The zero-order valence-corrected chi connectivity index (χ0v) is 11.7. The molecule has 2 unspecified atom stereocenters. The van der Waals surface area contributed by atoms with Crippen molar-refractivity contribution in [3.63, 3.8) is 0 Å². The molecule has 3 heteroatoms. The van der Waals surface area contributed by atoms with Gasteiger partial charge in [0.1, 0.15) is 5.69 Å². The number of hydrogen-bond acceptors (Lipinski definition) is 3. The molecule has 3 nitrogen and oxygen atoms in total. The van der Waals surface area contributed by atoms with E-state index in [0.717, 1.165) is 17.7 Å².